The molecule has 1 fully saturated rings. The predicted octanol–water partition coefficient (Wildman–Crippen LogP) is -1.55. The number of nitro benzene ring substituents is 1. The second-order valence-corrected chi connectivity index (χ2v) is 10.3. The van der Waals surface area contributed by atoms with Gasteiger partial charge in [-0.25, -0.2) is 4.79 Å². The molecule has 258 valence electrons. The monoisotopic (exact) mass is 798 g/mol. The van der Waals surface area contributed by atoms with Gasteiger partial charge in [0.1, 0.15) is 12.3 Å². The number of amides is 1. The van der Waals surface area contributed by atoms with E-state index in [1.165, 1.54) is 36.3 Å². The minimum atomic E-state index is -1.07. The van der Waals surface area contributed by atoms with E-state index in [1.54, 1.807) is 19.6 Å². The van der Waals surface area contributed by atoms with Gasteiger partial charge in [0.05, 0.1) is 37.7 Å². The molecule has 0 bridgehead atoms. The van der Waals surface area contributed by atoms with Crippen LogP contribution >= 0.6 is 0 Å². The zero-order valence-corrected chi connectivity index (χ0v) is 27.7. The Balaban J connectivity index is 0.0000106. The SMILES string of the molecule is COCCN(CC(=O)Oc1ccc([N+](=O)[O-])cc1)C(=O)CN1CCN(CC(=O)O)CCN(CC(=O)O)CCN(CC(=O)O)CC1.[Gd]. The van der Waals surface area contributed by atoms with E-state index >= 15 is 0 Å². The second-order valence-electron chi connectivity index (χ2n) is 10.3. The number of non-ortho nitro benzene ring substituents is 1. The van der Waals surface area contributed by atoms with Crippen molar-refractivity contribution in [2.45, 2.75) is 0 Å². The van der Waals surface area contributed by atoms with Crippen LogP contribution in [0, 0.1) is 50.1 Å². The van der Waals surface area contributed by atoms with Gasteiger partial charge in [0.25, 0.3) is 5.69 Å². The van der Waals surface area contributed by atoms with Crippen LogP contribution in [-0.2, 0) is 28.7 Å². The Labute approximate surface area is 297 Å². The number of esters is 1. The fraction of sp³-hybridized carbons (Fsp3) is 0.593. The summed E-state index contributed by atoms with van der Waals surface area (Å²) in [4.78, 5) is 78.6. The minimum Gasteiger partial charge on any atom is -0.480 e. The first-order valence-electron chi connectivity index (χ1n) is 14.1. The van der Waals surface area contributed by atoms with Gasteiger partial charge in [0.15, 0.2) is 0 Å². The van der Waals surface area contributed by atoms with Gasteiger partial charge in [-0.15, -0.1) is 0 Å². The van der Waals surface area contributed by atoms with Crippen LogP contribution in [0.5, 0.6) is 5.75 Å². The Morgan fingerprint density at radius 2 is 1.15 bits per heavy atom. The topological polar surface area (TPSA) is 224 Å². The Bertz CT molecular complexity index is 1140. The smallest absolute Gasteiger partial charge is 0.331 e. The number of hydrogen-bond donors (Lipinski definition) is 3. The molecule has 2 rings (SSSR count). The van der Waals surface area contributed by atoms with Crippen LogP contribution < -0.4 is 4.74 Å². The molecule has 46 heavy (non-hydrogen) atoms. The summed E-state index contributed by atoms with van der Waals surface area (Å²) in [5, 5.41) is 39.0. The van der Waals surface area contributed by atoms with Crippen LogP contribution in [0.2, 0.25) is 0 Å². The van der Waals surface area contributed by atoms with Gasteiger partial charge in [-0.1, -0.05) is 0 Å². The quantitative estimate of drug-likeness (QED) is 0.0791. The Kier molecular flexibility index (Phi) is 19.5. The summed E-state index contributed by atoms with van der Waals surface area (Å²) in [5.74, 6) is -4.38. The summed E-state index contributed by atoms with van der Waals surface area (Å²) in [5.41, 5.74) is -0.181. The number of ether oxygens (including phenoxy) is 2. The first-order valence-corrected chi connectivity index (χ1v) is 14.1. The Morgan fingerprint density at radius 3 is 1.50 bits per heavy atom. The first-order chi connectivity index (χ1) is 21.4. The first kappa shape index (κ1) is 41.1. The van der Waals surface area contributed by atoms with Crippen LogP contribution in [0.4, 0.5) is 5.69 Å². The molecule has 1 aliphatic rings. The van der Waals surface area contributed by atoms with Gasteiger partial charge < -0.3 is 29.7 Å². The van der Waals surface area contributed by atoms with E-state index in [9.17, 15) is 49.4 Å². The van der Waals surface area contributed by atoms with Crippen molar-refractivity contribution < 1.29 is 93.6 Å². The molecule has 1 aliphatic heterocycles. The average Bonchev–Trinajstić information content (AvgIpc) is 2.95. The van der Waals surface area contributed by atoms with Crippen LogP contribution in [0.3, 0.4) is 0 Å². The summed E-state index contributed by atoms with van der Waals surface area (Å²) in [6.07, 6.45) is 0. The van der Waals surface area contributed by atoms with Crippen molar-refractivity contribution >= 4 is 35.5 Å². The molecule has 0 aromatic heterocycles. The van der Waals surface area contributed by atoms with Crippen molar-refractivity contribution in [3.63, 3.8) is 0 Å². The number of carboxylic acid groups (broad SMARTS) is 3. The number of benzene rings is 1. The van der Waals surface area contributed by atoms with E-state index in [2.05, 4.69) is 0 Å². The van der Waals surface area contributed by atoms with E-state index in [0.717, 1.165) is 0 Å². The molecule has 3 N–H and O–H groups in total. The number of aliphatic carboxylic acids is 3. The fourth-order valence-corrected chi connectivity index (χ4v) is 4.53. The summed E-state index contributed by atoms with van der Waals surface area (Å²) in [7, 11) is 1.43. The van der Waals surface area contributed by atoms with E-state index in [4.69, 9.17) is 9.47 Å². The van der Waals surface area contributed by atoms with Crippen molar-refractivity contribution in [1.82, 2.24) is 24.5 Å². The van der Waals surface area contributed by atoms with Gasteiger partial charge in [-0.2, -0.15) is 0 Å². The van der Waals surface area contributed by atoms with Crippen molar-refractivity contribution in [3.05, 3.63) is 34.4 Å². The van der Waals surface area contributed by atoms with Crippen LogP contribution in [0.1, 0.15) is 0 Å². The number of rotatable bonds is 15. The number of carbonyl (C=O) groups excluding carboxylic acids is 2. The standard InChI is InChI=1S/C27H40N6O12.Gd/c1-44-15-14-32(20-27(41)45-22-4-2-21(3-5-22)33(42)43)23(34)16-28-6-8-29(17-24(35)36)10-12-31(19-26(39)40)13-11-30(9-7-28)18-25(37)38;/h2-5H,6-20H2,1H3,(H,35,36)(H,37,38)(H,39,40);. The molecular formula is C27H40GdN6O12. The Hall–Kier alpha value is -2.91. The summed E-state index contributed by atoms with van der Waals surface area (Å²) in [6.45, 7) is 0.483. The van der Waals surface area contributed by atoms with Crippen molar-refractivity contribution in [3.8, 4) is 5.75 Å². The fourth-order valence-electron chi connectivity index (χ4n) is 4.53. The normalized spacial score (nSPS) is 15.8. The third-order valence-corrected chi connectivity index (χ3v) is 6.88. The number of carbonyl (C=O) groups is 5. The second kappa shape index (κ2) is 21.8. The zero-order valence-electron chi connectivity index (χ0n) is 25.5. The predicted molar refractivity (Wildman–Crippen MR) is 156 cm³/mol. The van der Waals surface area contributed by atoms with Crippen LogP contribution in [0.25, 0.3) is 0 Å². The molecular weight excluding hydrogens is 758 g/mol. The molecule has 18 nitrogen and oxygen atoms in total. The third-order valence-electron chi connectivity index (χ3n) is 6.88. The molecule has 0 radical (unpaired) electrons. The third kappa shape index (κ3) is 16.6. The van der Waals surface area contributed by atoms with E-state index in [1.807, 2.05) is 0 Å². The molecule has 0 saturated carbocycles. The van der Waals surface area contributed by atoms with Gasteiger partial charge in [0.2, 0.25) is 5.91 Å². The van der Waals surface area contributed by atoms with Crippen LogP contribution in [0.15, 0.2) is 24.3 Å². The molecule has 19 heteroatoms. The minimum absolute atomic E-state index is 0. The number of nitrogens with zero attached hydrogens (tertiary/aromatic N) is 6. The molecule has 1 heterocycles. The molecule has 0 atom stereocenters. The molecule has 1 amide bonds. The molecule has 1 saturated heterocycles. The van der Waals surface area contributed by atoms with Crippen molar-refractivity contribution in [2.24, 2.45) is 0 Å². The largest absolute Gasteiger partial charge is 0.480 e. The van der Waals surface area contributed by atoms with E-state index in [-0.39, 0.29) is 143 Å². The van der Waals surface area contributed by atoms with Gasteiger partial charge in [-0.3, -0.25) is 48.9 Å². The maximum atomic E-state index is 13.4. The maximum absolute atomic E-state index is 13.4. The van der Waals surface area contributed by atoms with Crippen molar-refractivity contribution in [2.75, 3.05) is 105 Å². The summed E-state index contributed by atoms with van der Waals surface area (Å²) in [6, 6.07) is 4.89. The zero-order chi connectivity index (χ0) is 33.4. The average molecular weight is 798 g/mol. The Morgan fingerprint density at radius 1 is 0.761 bits per heavy atom. The number of hydrogen-bond acceptors (Lipinski definition) is 13. The summed E-state index contributed by atoms with van der Waals surface area (Å²) < 4.78 is 10.3. The molecule has 0 aliphatic carbocycles. The molecule has 0 unspecified atom stereocenters. The number of carboxylic acids is 3. The summed E-state index contributed by atoms with van der Waals surface area (Å²) >= 11 is 0. The van der Waals surface area contributed by atoms with E-state index < -0.39 is 41.3 Å². The van der Waals surface area contributed by atoms with Crippen LogP contribution in [-0.4, -0.2) is 180 Å². The van der Waals surface area contributed by atoms with Gasteiger partial charge in [0, 0.05) is 118 Å². The molecule has 0 spiro atoms. The van der Waals surface area contributed by atoms with E-state index in [0.29, 0.717) is 0 Å². The number of nitro groups is 1. The molecule has 1 aromatic carbocycles. The molecule has 1 aromatic rings. The number of methoxy groups -OCH3 is 1. The maximum Gasteiger partial charge on any atom is 0.331 e. The van der Waals surface area contributed by atoms with Gasteiger partial charge >= 0.3 is 23.9 Å². The van der Waals surface area contributed by atoms with Gasteiger partial charge in [-0.05, 0) is 12.1 Å². The van der Waals surface area contributed by atoms with Crippen molar-refractivity contribution in [1.29, 1.82) is 0 Å².